The Morgan fingerprint density at radius 1 is 1.47 bits per heavy atom. The summed E-state index contributed by atoms with van der Waals surface area (Å²) < 4.78 is 0. The van der Waals surface area contributed by atoms with Crippen LogP contribution in [0.2, 0.25) is 5.15 Å². The first-order valence-corrected chi connectivity index (χ1v) is 5.81. The largest absolute Gasteiger partial charge is 0.348 e. The van der Waals surface area contributed by atoms with Gasteiger partial charge >= 0.3 is 0 Å². The summed E-state index contributed by atoms with van der Waals surface area (Å²) in [4.78, 5) is 13.8. The van der Waals surface area contributed by atoms with Crippen LogP contribution in [0.3, 0.4) is 0 Å². The van der Waals surface area contributed by atoms with E-state index in [9.17, 15) is 4.79 Å². The van der Waals surface area contributed by atoms with E-state index in [0.29, 0.717) is 0 Å². The van der Waals surface area contributed by atoms with E-state index in [2.05, 4.69) is 20.4 Å². The Balaban J connectivity index is 2.46. The van der Waals surface area contributed by atoms with E-state index in [1.807, 2.05) is 21.0 Å². The van der Waals surface area contributed by atoms with Crippen molar-refractivity contribution in [1.29, 1.82) is 0 Å². The molecule has 0 spiro atoms. The van der Waals surface area contributed by atoms with Crippen molar-refractivity contribution in [2.45, 2.75) is 19.4 Å². The number of amides is 1. The fourth-order valence-corrected chi connectivity index (χ4v) is 1.36. The van der Waals surface area contributed by atoms with Gasteiger partial charge in [-0.1, -0.05) is 11.6 Å². The zero-order valence-electron chi connectivity index (χ0n) is 10.3. The normalized spacial score (nSPS) is 12.5. The fraction of sp³-hybridized carbons (Fsp3) is 0.545. The van der Waals surface area contributed by atoms with Crippen molar-refractivity contribution in [3.05, 3.63) is 23.0 Å². The summed E-state index contributed by atoms with van der Waals surface area (Å²) in [6.45, 7) is 2.89. The molecule has 1 aromatic heterocycles. The molecule has 0 saturated carbocycles. The van der Waals surface area contributed by atoms with E-state index in [1.165, 1.54) is 0 Å². The third-order valence-electron chi connectivity index (χ3n) is 2.25. The molecule has 0 radical (unpaired) electrons. The van der Waals surface area contributed by atoms with Crippen LogP contribution in [0.4, 0.5) is 0 Å². The molecule has 0 fully saturated rings. The molecule has 0 aliphatic rings. The number of nitrogens with zero attached hydrogens (tertiary/aromatic N) is 3. The SMILES string of the molecule is CC(CCN(C)C)NC(=O)c1ccc(Cl)nn1. The highest BCUT2D eigenvalue weighted by Crippen LogP contribution is 2.02. The average molecular weight is 257 g/mol. The minimum Gasteiger partial charge on any atom is -0.348 e. The van der Waals surface area contributed by atoms with Gasteiger partial charge in [-0.25, -0.2) is 0 Å². The minimum absolute atomic E-state index is 0.0994. The van der Waals surface area contributed by atoms with E-state index in [4.69, 9.17) is 11.6 Å². The number of nitrogens with one attached hydrogen (secondary N) is 1. The van der Waals surface area contributed by atoms with Gasteiger partial charge in [-0.05, 0) is 46.1 Å². The number of carbonyl (C=O) groups excluding carboxylic acids is 1. The minimum atomic E-state index is -0.222. The highest BCUT2D eigenvalue weighted by atomic mass is 35.5. The second kappa shape index (κ2) is 6.51. The predicted molar refractivity (Wildman–Crippen MR) is 67.1 cm³/mol. The zero-order valence-corrected chi connectivity index (χ0v) is 11.0. The molecule has 0 aliphatic carbocycles. The lowest BCUT2D eigenvalue weighted by Gasteiger charge is -2.16. The van der Waals surface area contributed by atoms with Gasteiger partial charge in [-0.15, -0.1) is 10.2 Å². The van der Waals surface area contributed by atoms with Crippen molar-refractivity contribution in [3.63, 3.8) is 0 Å². The monoisotopic (exact) mass is 256 g/mol. The van der Waals surface area contributed by atoms with Crippen LogP contribution in [-0.4, -0.2) is 47.7 Å². The number of halogens is 1. The van der Waals surface area contributed by atoms with Crippen LogP contribution in [0.15, 0.2) is 12.1 Å². The first-order chi connectivity index (χ1) is 7.99. The van der Waals surface area contributed by atoms with Crippen LogP contribution in [0, 0.1) is 0 Å². The highest BCUT2D eigenvalue weighted by molar-refractivity contribution is 6.29. The van der Waals surface area contributed by atoms with Gasteiger partial charge in [0.15, 0.2) is 10.8 Å². The number of hydrogen-bond acceptors (Lipinski definition) is 4. The predicted octanol–water partition coefficient (Wildman–Crippen LogP) is 1.20. The second-order valence-electron chi connectivity index (χ2n) is 4.21. The maximum atomic E-state index is 11.7. The molecule has 1 unspecified atom stereocenters. The van der Waals surface area contributed by atoms with Crippen LogP contribution in [0.25, 0.3) is 0 Å². The Morgan fingerprint density at radius 3 is 2.71 bits per heavy atom. The lowest BCUT2D eigenvalue weighted by Crippen LogP contribution is -2.35. The Morgan fingerprint density at radius 2 is 2.18 bits per heavy atom. The van der Waals surface area contributed by atoms with Gasteiger partial charge in [-0.2, -0.15) is 0 Å². The van der Waals surface area contributed by atoms with Crippen LogP contribution >= 0.6 is 11.6 Å². The van der Waals surface area contributed by atoms with Crippen molar-refractivity contribution >= 4 is 17.5 Å². The summed E-state index contributed by atoms with van der Waals surface area (Å²) in [5.74, 6) is -0.222. The van der Waals surface area contributed by atoms with Crippen molar-refractivity contribution in [3.8, 4) is 0 Å². The lowest BCUT2D eigenvalue weighted by atomic mass is 10.2. The molecule has 0 aromatic carbocycles. The van der Waals surface area contributed by atoms with Gasteiger partial charge in [0.05, 0.1) is 0 Å². The molecule has 0 aliphatic heterocycles. The third kappa shape index (κ3) is 5.10. The van der Waals surface area contributed by atoms with Gasteiger partial charge < -0.3 is 10.2 Å². The molecule has 94 valence electrons. The van der Waals surface area contributed by atoms with Crippen molar-refractivity contribution in [1.82, 2.24) is 20.4 Å². The lowest BCUT2D eigenvalue weighted by molar-refractivity contribution is 0.0930. The van der Waals surface area contributed by atoms with Crippen LogP contribution in [-0.2, 0) is 0 Å². The summed E-state index contributed by atoms with van der Waals surface area (Å²) in [6, 6.07) is 3.21. The average Bonchev–Trinajstić information content (AvgIpc) is 2.27. The van der Waals surface area contributed by atoms with E-state index >= 15 is 0 Å². The number of hydrogen-bond donors (Lipinski definition) is 1. The third-order valence-corrected chi connectivity index (χ3v) is 2.45. The standard InChI is InChI=1S/C11H17ClN4O/c1-8(6-7-16(2)3)13-11(17)9-4-5-10(12)15-14-9/h4-5,8H,6-7H2,1-3H3,(H,13,17). The van der Waals surface area contributed by atoms with E-state index < -0.39 is 0 Å². The fourth-order valence-electron chi connectivity index (χ4n) is 1.26. The summed E-state index contributed by atoms with van der Waals surface area (Å²) in [5.41, 5.74) is 0.283. The highest BCUT2D eigenvalue weighted by Gasteiger charge is 2.11. The molecule has 0 bridgehead atoms. The number of aromatic nitrogens is 2. The van der Waals surface area contributed by atoms with Crippen molar-refractivity contribution < 1.29 is 4.79 Å². The van der Waals surface area contributed by atoms with E-state index in [-0.39, 0.29) is 22.8 Å². The molecule has 0 saturated heterocycles. The molecule has 5 nitrogen and oxygen atoms in total. The maximum Gasteiger partial charge on any atom is 0.272 e. The van der Waals surface area contributed by atoms with Gasteiger partial charge in [0.25, 0.3) is 5.91 Å². The zero-order chi connectivity index (χ0) is 12.8. The second-order valence-corrected chi connectivity index (χ2v) is 4.60. The number of carbonyl (C=O) groups is 1. The molecule has 6 heteroatoms. The quantitative estimate of drug-likeness (QED) is 0.860. The topological polar surface area (TPSA) is 58.1 Å². The molecular weight excluding hydrogens is 240 g/mol. The Labute approximate surface area is 106 Å². The molecule has 1 aromatic rings. The van der Waals surface area contributed by atoms with Crippen molar-refractivity contribution in [2.24, 2.45) is 0 Å². The summed E-state index contributed by atoms with van der Waals surface area (Å²) >= 11 is 5.60. The Kier molecular flexibility index (Phi) is 5.31. The molecular formula is C11H17ClN4O. The molecule has 1 atom stereocenters. The van der Waals surface area contributed by atoms with Crippen LogP contribution in [0.5, 0.6) is 0 Å². The first-order valence-electron chi connectivity index (χ1n) is 5.44. The van der Waals surface area contributed by atoms with Crippen LogP contribution < -0.4 is 5.32 Å². The van der Waals surface area contributed by atoms with E-state index in [0.717, 1.165) is 13.0 Å². The Hall–Kier alpha value is -1.20. The number of rotatable bonds is 5. The van der Waals surface area contributed by atoms with Gasteiger partial charge in [0, 0.05) is 6.04 Å². The summed E-state index contributed by atoms with van der Waals surface area (Å²) in [6.07, 6.45) is 0.889. The summed E-state index contributed by atoms with van der Waals surface area (Å²) in [7, 11) is 4.00. The van der Waals surface area contributed by atoms with Gasteiger partial charge in [-0.3, -0.25) is 4.79 Å². The first kappa shape index (κ1) is 13.9. The van der Waals surface area contributed by atoms with Crippen LogP contribution in [0.1, 0.15) is 23.8 Å². The molecule has 1 heterocycles. The molecule has 1 rings (SSSR count). The summed E-state index contributed by atoms with van der Waals surface area (Å²) in [5, 5.41) is 10.5. The van der Waals surface area contributed by atoms with Crippen molar-refractivity contribution in [2.75, 3.05) is 20.6 Å². The van der Waals surface area contributed by atoms with E-state index in [1.54, 1.807) is 12.1 Å². The molecule has 1 amide bonds. The smallest absolute Gasteiger partial charge is 0.272 e. The Bertz CT molecular complexity index is 366. The molecule has 1 N–H and O–H groups in total. The van der Waals surface area contributed by atoms with Gasteiger partial charge in [0.2, 0.25) is 0 Å². The molecule has 17 heavy (non-hydrogen) atoms. The maximum absolute atomic E-state index is 11.7. The van der Waals surface area contributed by atoms with Gasteiger partial charge in [0.1, 0.15) is 0 Å².